The van der Waals surface area contributed by atoms with Gasteiger partial charge in [0.15, 0.2) is 0 Å². The van der Waals surface area contributed by atoms with Crippen LogP contribution in [-0.2, 0) is 0 Å². The minimum Gasteiger partial charge on any atom is -0.393 e. The van der Waals surface area contributed by atoms with Crippen molar-refractivity contribution in [3.05, 3.63) is 35.9 Å². The smallest absolute Gasteiger partial charge is 0.0596 e. The molecule has 0 saturated carbocycles. The van der Waals surface area contributed by atoms with E-state index < -0.39 is 0 Å². The predicted octanol–water partition coefficient (Wildman–Crippen LogP) is 2.06. The van der Waals surface area contributed by atoms with E-state index in [9.17, 15) is 5.11 Å². The van der Waals surface area contributed by atoms with Crippen molar-refractivity contribution in [2.45, 2.75) is 25.5 Å². The molecule has 0 spiro atoms. The summed E-state index contributed by atoms with van der Waals surface area (Å²) in [5.41, 5.74) is 1.31. The largest absolute Gasteiger partial charge is 0.393 e. The van der Waals surface area contributed by atoms with Crippen molar-refractivity contribution in [2.24, 2.45) is 5.92 Å². The molecule has 2 nitrogen and oxygen atoms in total. The summed E-state index contributed by atoms with van der Waals surface area (Å²) in [6, 6.07) is 10.8. The highest BCUT2D eigenvalue weighted by Crippen LogP contribution is 2.34. The Morgan fingerprint density at radius 2 is 1.93 bits per heavy atom. The number of likely N-dealkylation sites (tertiary alicyclic amines) is 1. The Labute approximate surface area is 91.5 Å². The summed E-state index contributed by atoms with van der Waals surface area (Å²) in [6.07, 6.45) is 0.729. The summed E-state index contributed by atoms with van der Waals surface area (Å²) < 4.78 is 0. The molecule has 15 heavy (non-hydrogen) atoms. The van der Waals surface area contributed by atoms with E-state index in [0.29, 0.717) is 12.0 Å². The maximum absolute atomic E-state index is 9.90. The van der Waals surface area contributed by atoms with E-state index in [4.69, 9.17) is 0 Å². The van der Waals surface area contributed by atoms with Gasteiger partial charge in [0.25, 0.3) is 0 Å². The van der Waals surface area contributed by atoms with Gasteiger partial charge in [-0.1, -0.05) is 37.3 Å². The van der Waals surface area contributed by atoms with Crippen molar-refractivity contribution < 1.29 is 5.11 Å². The fraction of sp³-hybridized carbons (Fsp3) is 0.538. The lowest BCUT2D eigenvalue weighted by molar-refractivity contribution is 0.00224. The molecule has 1 fully saturated rings. The van der Waals surface area contributed by atoms with Crippen LogP contribution < -0.4 is 0 Å². The van der Waals surface area contributed by atoms with Crippen molar-refractivity contribution in [1.29, 1.82) is 0 Å². The number of rotatable bonds is 1. The summed E-state index contributed by atoms with van der Waals surface area (Å²) in [7, 11) is 2.14. The summed E-state index contributed by atoms with van der Waals surface area (Å²) in [5.74, 6) is 0.311. The summed E-state index contributed by atoms with van der Waals surface area (Å²) in [6.45, 7) is 3.11. The first-order chi connectivity index (χ1) is 7.20. The Bertz CT molecular complexity index is 312. The Morgan fingerprint density at radius 1 is 1.27 bits per heavy atom. The van der Waals surface area contributed by atoms with Gasteiger partial charge in [0.2, 0.25) is 0 Å². The van der Waals surface area contributed by atoms with E-state index >= 15 is 0 Å². The van der Waals surface area contributed by atoms with E-state index in [1.807, 2.05) is 6.07 Å². The molecule has 1 aliphatic heterocycles. The van der Waals surface area contributed by atoms with E-state index in [0.717, 1.165) is 13.0 Å². The average Bonchev–Trinajstić information content (AvgIpc) is 2.26. The predicted molar refractivity (Wildman–Crippen MR) is 61.6 cm³/mol. The van der Waals surface area contributed by atoms with E-state index in [2.05, 4.69) is 43.1 Å². The highest BCUT2D eigenvalue weighted by molar-refractivity contribution is 5.20. The quantitative estimate of drug-likeness (QED) is 0.758. The molecule has 0 aromatic heterocycles. The average molecular weight is 205 g/mol. The highest BCUT2D eigenvalue weighted by Gasteiger charge is 2.32. The van der Waals surface area contributed by atoms with Crippen LogP contribution in [0.25, 0.3) is 0 Å². The van der Waals surface area contributed by atoms with Gasteiger partial charge < -0.3 is 5.11 Å². The van der Waals surface area contributed by atoms with Crippen LogP contribution in [0.4, 0.5) is 0 Å². The van der Waals surface area contributed by atoms with E-state index in [1.54, 1.807) is 0 Å². The fourth-order valence-corrected chi connectivity index (χ4v) is 2.56. The van der Waals surface area contributed by atoms with Gasteiger partial charge in [-0.05, 0) is 19.0 Å². The lowest BCUT2D eigenvalue weighted by Gasteiger charge is -2.40. The second-order valence-corrected chi connectivity index (χ2v) is 4.55. The second-order valence-electron chi connectivity index (χ2n) is 4.55. The summed E-state index contributed by atoms with van der Waals surface area (Å²) in [4.78, 5) is 2.34. The van der Waals surface area contributed by atoms with Crippen LogP contribution in [0.15, 0.2) is 30.3 Å². The van der Waals surface area contributed by atoms with Crippen LogP contribution in [0.5, 0.6) is 0 Å². The molecular formula is C13H19NO. The summed E-state index contributed by atoms with van der Waals surface area (Å²) >= 11 is 0. The molecule has 0 amide bonds. The number of benzene rings is 1. The monoisotopic (exact) mass is 205 g/mol. The first-order valence-corrected chi connectivity index (χ1v) is 5.63. The molecule has 0 unspecified atom stereocenters. The minimum atomic E-state index is -0.161. The van der Waals surface area contributed by atoms with Crippen molar-refractivity contribution in [3.63, 3.8) is 0 Å². The third-order valence-electron chi connectivity index (χ3n) is 3.50. The molecule has 0 aliphatic carbocycles. The number of hydrogen-bond acceptors (Lipinski definition) is 2. The van der Waals surface area contributed by atoms with Gasteiger partial charge in [0.1, 0.15) is 0 Å². The SMILES string of the molecule is C[C@@H]1[C@H](O)CCN(C)[C@H]1c1ccccc1. The van der Waals surface area contributed by atoms with Crippen LogP contribution in [-0.4, -0.2) is 29.7 Å². The van der Waals surface area contributed by atoms with Crippen LogP contribution in [0.1, 0.15) is 24.9 Å². The first-order valence-electron chi connectivity index (χ1n) is 5.63. The molecule has 1 N–H and O–H groups in total. The number of piperidine rings is 1. The van der Waals surface area contributed by atoms with Crippen molar-refractivity contribution >= 4 is 0 Å². The van der Waals surface area contributed by atoms with Gasteiger partial charge >= 0.3 is 0 Å². The van der Waals surface area contributed by atoms with Gasteiger partial charge in [0.05, 0.1) is 6.10 Å². The molecule has 1 heterocycles. The van der Waals surface area contributed by atoms with Crippen LogP contribution >= 0.6 is 0 Å². The maximum Gasteiger partial charge on any atom is 0.0596 e. The third-order valence-corrected chi connectivity index (χ3v) is 3.50. The molecule has 0 radical (unpaired) electrons. The number of hydrogen-bond donors (Lipinski definition) is 1. The molecule has 1 aliphatic rings. The van der Waals surface area contributed by atoms with Crippen molar-refractivity contribution in [3.8, 4) is 0 Å². The second kappa shape index (κ2) is 4.33. The van der Waals surface area contributed by atoms with E-state index in [-0.39, 0.29) is 6.10 Å². The van der Waals surface area contributed by atoms with Gasteiger partial charge in [-0.3, -0.25) is 4.90 Å². The van der Waals surface area contributed by atoms with Crippen LogP contribution in [0.2, 0.25) is 0 Å². The van der Waals surface area contributed by atoms with Crippen molar-refractivity contribution in [2.75, 3.05) is 13.6 Å². The van der Waals surface area contributed by atoms with Crippen molar-refractivity contribution in [1.82, 2.24) is 4.90 Å². The maximum atomic E-state index is 9.90. The molecule has 1 saturated heterocycles. The Hall–Kier alpha value is -0.860. The van der Waals surface area contributed by atoms with E-state index in [1.165, 1.54) is 5.56 Å². The zero-order chi connectivity index (χ0) is 10.8. The summed E-state index contributed by atoms with van der Waals surface area (Å²) in [5, 5.41) is 9.90. The Balaban J connectivity index is 2.25. The van der Waals surface area contributed by atoms with Gasteiger partial charge in [-0.2, -0.15) is 0 Å². The molecular weight excluding hydrogens is 186 g/mol. The van der Waals surface area contributed by atoms with Crippen LogP contribution in [0.3, 0.4) is 0 Å². The minimum absolute atomic E-state index is 0.161. The normalized spacial score (nSPS) is 32.9. The lowest BCUT2D eigenvalue weighted by atomic mass is 9.84. The molecule has 3 atom stereocenters. The van der Waals surface area contributed by atoms with Gasteiger partial charge in [-0.15, -0.1) is 0 Å². The molecule has 1 aromatic carbocycles. The number of nitrogens with zero attached hydrogens (tertiary/aromatic N) is 1. The Kier molecular flexibility index (Phi) is 3.08. The number of aliphatic hydroxyl groups excluding tert-OH is 1. The molecule has 2 heteroatoms. The zero-order valence-electron chi connectivity index (χ0n) is 9.43. The topological polar surface area (TPSA) is 23.5 Å². The molecule has 0 bridgehead atoms. The molecule has 1 aromatic rings. The highest BCUT2D eigenvalue weighted by atomic mass is 16.3. The lowest BCUT2D eigenvalue weighted by Crippen LogP contribution is -2.42. The van der Waals surface area contributed by atoms with Gasteiger partial charge in [0, 0.05) is 18.5 Å². The number of aliphatic hydroxyl groups is 1. The zero-order valence-corrected chi connectivity index (χ0v) is 9.43. The fourth-order valence-electron chi connectivity index (χ4n) is 2.56. The van der Waals surface area contributed by atoms with Crippen LogP contribution in [0, 0.1) is 5.92 Å². The Morgan fingerprint density at radius 3 is 2.60 bits per heavy atom. The molecule has 82 valence electrons. The first kappa shape index (κ1) is 10.7. The van der Waals surface area contributed by atoms with Gasteiger partial charge in [-0.25, -0.2) is 0 Å². The molecule has 2 rings (SSSR count). The standard InChI is InChI=1S/C13H19NO/c1-10-12(15)8-9-14(2)13(10)11-6-4-3-5-7-11/h3-7,10,12-13,15H,8-9H2,1-2H3/t10-,12-,13-/m1/s1. The third kappa shape index (κ3) is 2.06.